The maximum atomic E-state index is 5.97. The van der Waals surface area contributed by atoms with Gasteiger partial charge in [0.15, 0.2) is 5.82 Å². The molecule has 1 saturated carbocycles. The van der Waals surface area contributed by atoms with Crippen LogP contribution in [0.3, 0.4) is 0 Å². The predicted octanol–water partition coefficient (Wildman–Crippen LogP) is 3.45. The molecule has 0 amide bonds. The first-order valence-corrected chi connectivity index (χ1v) is 8.56. The van der Waals surface area contributed by atoms with E-state index in [4.69, 9.17) is 21.7 Å². The molecule has 1 aromatic carbocycles. The Bertz CT molecular complexity index is 639. The second-order valence-electron chi connectivity index (χ2n) is 6.43. The minimum absolute atomic E-state index is 0.601. The smallest absolute Gasteiger partial charge is 0.154 e. The van der Waals surface area contributed by atoms with E-state index in [9.17, 15) is 0 Å². The lowest BCUT2D eigenvalue weighted by atomic mass is 10.2. The Kier molecular flexibility index (Phi) is 3.89. The Labute approximate surface area is 136 Å². The summed E-state index contributed by atoms with van der Waals surface area (Å²) in [5, 5.41) is 5.55. The van der Waals surface area contributed by atoms with Gasteiger partial charge in [0.1, 0.15) is 5.82 Å². The van der Waals surface area contributed by atoms with Gasteiger partial charge in [0.25, 0.3) is 0 Å². The molecule has 0 spiro atoms. The van der Waals surface area contributed by atoms with Crippen LogP contribution >= 0.6 is 11.6 Å². The summed E-state index contributed by atoms with van der Waals surface area (Å²) in [5.41, 5.74) is 1.22. The SMILES string of the molecule is Clc1ccc(Cn2nc(C3CC3)nc2CN2CCCC2)cc1. The number of likely N-dealkylation sites (tertiary alicyclic amines) is 1. The highest BCUT2D eigenvalue weighted by atomic mass is 35.5. The van der Waals surface area contributed by atoms with E-state index in [1.54, 1.807) is 0 Å². The number of halogens is 1. The van der Waals surface area contributed by atoms with Gasteiger partial charge < -0.3 is 0 Å². The molecule has 2 fully saturated rings. The van der Waals surface area contributed by atoms with Gasteiger partial charge in [-0.2, -0.15) is 5.10 Å². The molecule has 0 unspecified atom stereocenters. The van der Waals surface area contributed by atoms with Crippen LogP contribution in [-0.2, 0) is 13.1 Å². The highest BCUT2D eigenvalue weighted by molar-refractivity contribution is 6.30. The molecule has 5 heteroatoms. The summed E-state index contributed by atoms with van der Waals surface area (Å²) in [7, 11) is 0. The van der Waals surface area contributed by atoms with Crippen LogP contribution in [-0.4, -0.2) is 32.8 Å². The molecule has 4 rings (SSSR count). The first-order chi connectivity index (χ1) is 10.8. The van der Waals surface area contributed by atoms with E-state index in [0.29, 0.717) is 5.92 Å². The van der Waals surface area contributed by atoms with Crippen LogP contribution in [0.15, 0.2) is 24.3 Å². The van der Waals surface area contributed by atoms with E-state index in [2.05, 4.69) is 21.7 Å². The fourth-order valence-corrected chi connectivity index (χ4v) is 3.18. The van der Waals surface area contributed by atoms with Gasteiger partial charge in [0, 0.05) is 10.9 Å². The maximum Gasteiger partial charge on any atom is 0.154 e. The van der Waals surface area contributed by atoms with Crippen LogP contribution in [0.25, 0.3) is 0 Å². The predicted molar refractivity (Wildman–Crippen MR) is 87.1 cm³/mol. The van der Waals surface area contributed by atoms with Gasteiger partial charge in [-0.05, 0) is 56.5 Å². The van der Waals surface area contributed by atoms with Gasteiger partial charge in [-0.25, -0.2) is 9.67 Å². The fraction of sp³-hybridized carbons (Fsp3) is 0.529. The lowest BCUT2D eigenvalue weighted by Crippen LogP contribution is -2.21. The second kappa shape index (κ2) is 6.01. The molecule has 2 heterocycles. The first-order valence-electron chi connectivity index (χ1n) is 8.18. The van der Waals surface area contributed by atoms with E-state index in [1.165, 1.54) is 44.3 Å². The summed E-state index contributed by atoms with van der Waals surface area (Å²) in [6.45, 7) is 4.08. The maximum absolute atomic E-state index is 5.97. The number of benzene rings is 1. The quantitative estimate of drug-likeness (QED) is 0.847. The lowest BCUT2D eigenvalue weighted by Gasteiger charge is -2.14. The largest absolute Gasteiger partial charge is 0.296 e. The highest BCUT2D eigenvalue weighted by Gasteiger charge is 2.29. The van der Waals surface area contributed by atoms with Crippen LogP contribution in [0, 0.1) is 0 Å². The van der Waals surface area contributed by atoms with Crippen LogP contribution < -0.4 is 0 Å². The summed E-state index contributed by atoms with van der Waals surface area (Å²) in [4.78, 5) is 7.32. The number of hydrogen-bond donors (Lipinski definition) is 0. The van der Waals surface area contributed by atoms with Gasteiger partial charge in [-0.15, -0.1) is 0 Å². The van der Waals surface area contributed by atoms with E-state index in [0.717, 1.165) is 29.8 Å². The zero-order valence-electron chi connectivity index (χ0n) is 12.7. The fourth-order valence-electron chi connectivity index (χ4n) is 3.06. The van der Waals surface area contributed by atoms with Gasteiger partial charge in [0.05, 0.1) is 13.1 Å². The van der Waals surface area contributed by atoms with E-state index >= 15 is 0 Å². The molecule has 0 bridgehead atoms. The van der Waals surface area contributed by atoms with E-state index in [1.807, 2.05) is 12.1 Å². The summed E-state index contributed by atoms with van der Waals surface area (Å²) in [6.07, 6.45) is 5.10. The van der Waals surface area contributed by atoms with Crippen molar-refractivity contribution in [3.05, 3.63) is 46.5 Å². The summed E-state index contributed by atoms with van der Waals surface area (Å²) in [6, 6.07) is 8.02. The van der Waals surface area contributed by atoms with Crippen molar-refractivity contribution in [2.45, 2.75) is 44.7 Å². The molecule has 0 atom stereocenters. The van der Waals surface area contributed by atoms with Crippen molar-refractivity contribution in [1.82, 2.24) is 19.7 Å². The lowest BCUT2D eigenvalue weighted by molar-refractivity contribution is 0.315. The van der Waals surface area contributed by atoms with Crippen LogP contribution in [0.5, 0.6) is 0 Å². The number of hydrogen-bond acceptors (Lipinski definition) is 3. The average molecular weight is 317 g/mol. The molecule has 1 aliphatic carbocycles. The third-order valence-electron chi connectivity index (χ3n) is 4.52. The molecule has 1 saturated heterocycles. The Morgan fingerprint density at radius 3 is 2.45 bits per heavy atom. The molecule has 4 nitrogen and oxygen atoms in total. The van der Waals surface area contributed by atoms with Crippen molar-refractivity contribution in [2.24, 2.45) is 0 Å². The summed E-state index contributed by atoms with van der Waals surface area (Å²) >= 11 is 5.97. The second-order valence-corrected chi connectivity index (χ2v) is 6.86. The standard InChI is InChI=1S/C17H21ClN4/c18-15-7-3-13(4-8-15)11-22-16(12-21-9-1-2-10-21)19-17(20-22)14-5-6-14/h3-4,7-8,14H,1-2,5-6,9-12H2. The molecule has 2 aromatic rings. The number of rotatable bonds is 5. The Morgan fingerprint density at radius 2 is 1.77 bits per heavy atom. The zero-order chi connectivity index (χ0) is 14.9. The van der Waals surface area contributed by atoms with Crippen LogP contribution in [0.1, 0.15) is 48.8 Å². The van der Waals surface area contributed by atoms with Gasteiger partial charge in [-0.3, -0.25) is 4.90 Å². The topological polar surface area (TPSA) is 34.0 Å². The van der Waals surface area contributed by atoms with Crippen LogP contribution in [0.4, 0.5) is 0 Å². The Hall–Kier alpha value is -1.39. The number of aromatic nitrogens is 3. The monoisotopic (exact) mass is 316 g/mol. The molecular weight excluding hydrogens is 296 g/mol. The molecule has 0 radical (unpaired) electrons. The third-order valence-corrected chi connectivity index (χ3v) is 4.77. The Morgan fingerprint density at radius 1 is 1.05 bits per heavy atom. The van der Waals surface area contributed by atoms with Crippen molar-refractivity contribution in [3.63, 3.8) is 0 Å². The van der Waals surface area contributed by atoms with Gasteiger partial charge >= 0.3 is 0 Å². The molecule has 22 heavy (non-hydrogen) atoms. The number of nitrogens with zero attached hydrogens (tertiary/aromatic N) is 4. The van der Waals surface area contributed by atoms with Crippen LogP contribution in [0.2, 0.25) is 5.02 Å². The van der Waals surface area contributed by atoms with Gasteiger partial charge in [0.2, 0.25) is 0 Å². The average Bonchev–Trinajstić information content (AvgIpc) is 3.11. The van der Waals surface area contributed by atoms with Crippen molar-refractivity contribution < 1.29 is 0 Å². The van der Waals surface area contributed by atoms with Crippen molar-refractivity contribution in [1.29, 1.82) is 0 Å². The highest BCUT2D eigenvalue weighted by Crippen LogP contribution is 2.38. The molecule has 1 aromatic heterocycles. The molecular formula is C17H21ClN4. The Balaban J connectivity index is 1.56. The molecule has 116 valence electrons. The minimum Gasteiger partial charge on any atom is -0.296 e. The summed E-state index contributed by atoms with van der Waals surface area (Å²) < 4.78 is 2.09. The van der Waals surface area contributed by atoms with Crippen molar-refractivity contribution >= 4 is 11.6 Å². The van der Waals surface area contributed by atoms with Crippen molar-refractivity contribution in [2.75, 3.05) is 13.1 Å². The van der Waals surface area contributed by atoms with E-state index < -0.39 is 0 Å². The molecule has 2 aliphatic rings. The summed E-state index contributed by atoms with van der Waals surface area (Å²) in [5.74, 6) is 2.76. The van der Waals surface area contributed by atoms with Gasteiger partial charge in [-0.1, -0.05) is 23.7 Å². The molecule has 0 N–H and O–H groups in total. The van der Waals surface area contributed by atoms with E-state index in [-0.39, 0.29) is 0 Å². The van der Waals surface area contributed by atoms with Crippen molar-refractivity contribution in [3.8, 4) is 0 Å². The normalized spacial score (nSPS) is 19.0. The first kappa shape index (κ1) is 14.2. The third kappa shape index (κ3) is 3.18. The molecule has 1 aliphatic heterocycles. The zero-order valence-corrected chi connectivity index (χ0v) is 13.5. The minimum atomic E-state index is 0.601.